The minimum atomic E-state index is 0.0534. The smallest absolute Gasteiger partial charge is 0.182 e. The van der Waals surface area contributed by atoms with Crippen molar-refractivity contribution in [1.29, 1.82) is 0 Å². The van der Waals surface area contributed by atoms with E-state index in [1.807, 2.05) is 22.9 Å². The highest BCUT2D eigenvalue weighted by Crippen LogP contribution is 2.60. The molecule has 2 heterocycles. The molecule has 0 aliphatic heterocycles. The van der Waals surface area contributed by atoms with Gasteiger partial charge in [-0.15, -0.1) is 5.10 Å². The van der Waals surface area contributed by atoms with Crippen LogP contribution in [-0.4, -0.2) is 50.7 Å². The summed E-state index contributed by atoms with van der Waals surface area (Å²) in [5, 5.41) is 12.5. The summed E-state index contributed by atoms with van der Waals surface area (Å²) in [6.45, 7) is 2.13. The van der Waals surface area contributed by atoms with Crippen molar-refractivity contribution >= 4 is 0 Å². The van der Waals surface area contributed by atoms with Crippen LogP contribution in [0.5, 0.6) is 5.75 Å². The first-order valence-corrected chi connectivity index (χ1v) is 13.3. The van der Waals surface area contributed by atoms with Gasteiger partial charge in [0.2, 0.25) is 0 Å². The lowest BCUT2D eigenvalue weighted by Gasteiger charge is -2.39. The minimum Gasteiger partial charge on any atom is -0.487 e. The summed E-state index contributed by atoms with van der Waals surface area (Å²) >= 11 is 0. The molecule has 2 aliphatic carbocycles. The number of benzene rings is 2. The van der Waals surface area contributed by atoms with Crippen LogP contribution in [0.2, 0.25) is 0 Å². The van der Waals surface area contributed by atoms with E-state index in [-0.39, 0.29) is 5.41 Å². The van der Waals surface area contributed by atoms with Crippen LogP contribution in [0.15, 0.2) is 72.9 Å². The molecular formula is C30H34N6O. The van der Waals surface area contributed by atoms with Crippen LogP contribution in [0.4, 0.5) is 0 Å². The van der Waals surface area contributed by atoms with Gasteiger partial charge in [-0.05, 0) is 91.0 Å². The number of hydrogen-bond donors (Lipinski definition) is 0. The first-order chi connectivity index (χ1) is 18.1. The maximum absolute atomic E-state index is 6.03. The number of rotatable bonds is 9. The van der Waals surface area contributed by atoms with Crippen LogP contribution in [-0.2, 0) is 18.6 Å². The van der Waals surface area contributed by atoms with Crippen molar-refractivity contribution in [2.24, 2.45) is 11.8 Å². The van der Waals surface area contributed by atoms with Crippen molar-refractivity contribution in [3.05, 3.63) is 89.7 Å². The Balaban J connectivity index is 1.26. The van der Waals surface area contributed by atoms with Crippen molar-refractivity contribution in [3.63, 3.8) is 0 Å². The topological polar surface area (TPSA) is 69.0 Å². The third kappa shape index (κ3) is 4.64. The quantitative estimate of drug-likeness (QED) is 0.327. The van der Waals surface area contributed by atoms with Gasteiger partial charge in [-0.2, -0.15) is 0 Å². The zero-order chi connectivity index (χ0) is 25.2. The molecule has 3 unspecified atom stereocenters. The summed E-state index contributed by atoms with van der Waals surface area (Å²) in [4.78, 5) is 6.50. The molecular weight excluding hydrogens is 460 g/mol. The fraction of sp³-hybridized carbons (Fsp3) is 0.400. The Labute approximate surface area is 218 Å². The predicted molar refractivity (Wildman–Crippen MR) is 143 cm³/mol. The minimum absolute atomic E-state index is 0.0534. The van der Waals surface area contributed by atoms with Crippen LogP contribution in [0.1, 0.15) is 42.5 Å². The van der Waals surface area contributed by atoms with Crippen LogP contribution in [0.25, 0.3) is 11.4 Å². The van der Waals surface area contributed by atoms with E-state index >= 15 is 0 Å². The zero-order valence-electron chi connectivity index (χ0n) is 21.6. The summed E-state index contributed by atoms with van der Waals surface area (Å²) < 4.78 is 7.92. The fourth-order valence-corrected chi connectivity index (χ4v) is 6.47. The van der Waals surface area contributed by atoms with Crippen LogP contribution in [0.3, 0.4) is 0 Å². The number of hydrogen-bond acceptors (Lipinski definition) is 6. The van der Waals surface area contributed by atoms with Gasteiger partial charge in [0.1, 0.15) is 12.4 Å². The van der Waals surface area contributed by atoms with Gasteiger partial charge in [0.05, 0.1) is 12.2 Å². The van der Waals surface area contributed by atoms with E-state index in [1.54, 1.807) is 6.20 Å². The second-order valence-electron chi connectivity index (χ2n) is 10.8. The molecule has 2 saturated carbocycles. The summed E-state index contributed by atoms with van der Waals surface area (Å²) in [5.41, 5.74) is 4.84. The van der Waals surface area contributed by atoms with Gasteiger partial charge in [-0.1, -0.05) is 48.9 Å². The van der Waals surface area contributed by atoms with Crippen molar-refractivity contribution in [1.82, 2.24) is 30.1 Å². The first kappa shape index (κ1) is 23.8. The Morgan fingerprint density at radius 2 is 1.76 bits per heavy atom. The Bertz CT molecular complexity index is 1320. The average molecular weight is 495 g/mol. The molecule has 0 N–H and O–H groups in total. The molecule has 0 saturated heterocycles. The molecule has 6 rings (SSSR count). The van der Waals surface area contributed by atoms with Gasteiger partial charge in [0.25, 0.3) is 0 Å². The SMILES string of the molecule is CN(C)CCn1nnnc1-c1ccc(C2(c3ccc(OCc4ccccn4)cc3)CC3CCC2C3)cc1. The number of pyridine rings is 1. The molecule has 190 valence electrons. The molecule has 37 heavy (non-hydrogen) atoms. The number of fused-ring (bicyclic) bond motifs is 2. The lowest BCUT2D eigenvalue weighted by atomic mass is 9.64. The average Bonchev–Trinajstić information content (AvgIpc) is 3.69. The molecule has 2 fully saturated rings. The third-order valence-electron chi connectivity index (χ3n) is 8.28. The Kier molecular flexibility index (Phi) is 6.47. The van der Waals surface area contributed by atoms with Crippen molar-refractivity contribution in [2.75, 3.05) is 20.6 Å². The summed E-state index contributed by atoms with van der Waals surface area (Å²) in [7, 11) is 4.12. The molecule has 7 heteroatoms. The molecule has 2 aliphatic rings. The number of aromatic nitrogens is 5. The monoisotopic (exact) mass is 494 g/mol. The summed E-state index contributed by atoms with van der Waals surface area (Å²) in [5.74, 6) is 3.19. The zero-order valence-corrected chi connectivity index (χ0v) is 21.6. The third-order valence-corrected chi connectivity index (χ3v) is 8.28. The second kappa shape index (κ2) is 10.1. The van der Waals surface area contributed by atoms with Gasteiger partial charge in [0.15, 0.2) is 5.82 Å². The second-order valence-corrected chi connectivity index (χ2v) is 10.8. The van der Waals surface area contributed by atoms with Crippen molar-refractivity contribution in [3.8, 4) is 17.1 Å². The van der Waals surface area contributed by atoms with Crippen LogP contribution in [0, 0.1) is 11.8 Å². The van der Waals surface area contributed by atoms with Gasteiger partial charge in [-0.25, -0.2) is 4.68 Å². The number of nitrogens with zero attached hydrogens (tertiary/aromatic N) is 6. The summed E-state index contributed by atoms with van der Waals surface area (Å²) in [6.07, 6.45) is 6.99. The number of ether oxygens (including phenoxy) is 1. The largest absolute Gasteiger partial charge is 0.487 e. The Morgan fingerprint density at radius 1 is 0.973 bits per heavy atom. The maximum atomic E-state index is 6.03. The van der Waals surface area contributed by atoms with Crippen LogP contribution >= 0.6 is 0 Å². The number of likely N-dealkylation sites (N-methyl/N-ethyl adjacent to an activating group) is 1. The standard InChI is InChI=1S/C30H34N6O/c1-35(2)17-18-36-29(32-33-34-36)23-7-10-24(11-8-23)30(20-22-6-9-26(30)19-22)25-12-14-28(15-13-25)37-21-27-5-3-4-16-31-27/h3-5,7-8,10-16,22,26H,6,9,17-21H2,1-2H3. The van der Waals surface area contributed by atoms with E-state index < -0.39 is 0 Å². The predicted octanol–water partition coefficient (Wildman–Crippen LogP) is 4.98. The molecule has 0 radical (unpaired) electrons. The maximum Gasteiger partial charge on any atom is 0.182 e. The highest BCUT2D eigenvalue weighted by Gasteiger charge is 2.52. The van der Waals surface area contributed by atoms with E-state index in [4.69, 9.17) is 4.74 Å². The molecule has 4 aromatic rings. The van der Waals surface area contributed by atoms with Gasteiger partial charge in [-0.3, -0.25) is 4.98 Å². The number of tetrazole rings is 1. The normalized spacial score (nSPS) is 22.6. The van der Waals surface area contributed by atoms with Gasteiger partial charge in [0, 0.05) is 23.7 Å². The Morgan fingerprint density at radius 3 is 2.41 bits per heavy atom. The first-order valence-electron chi connectivity index (χ1n) is 13.3. The van der Waals surface area contributed by atoms with E-state index in [0.717, 1.165) is 41.8 Å². The highest BCUT2D eigenvalue weighted by molar-refractivity contribution is 5.57. The highest BCUT2D eigenvalue weighted by atomic mass is 16.5. The van der Waals surface area contributed by atoms with Crippen molar-refractivity contribution < 1.29 is 4.74 Å². The molecule has 2 bridgehead atoms. The molecule has 0 amide bonds. The molecule has 7 nitrogen and oxygen atoms in total. The lowest BCUT2D eigenvalue weighted by Crippen LogP contribution is -2.34. The fourth-order valence-electron chi connectivity index (χ4n) is 6.47. The van der Waals surface area contributed by atoms with Gasteiger partial charge >= 0.3 is 0 Å². The molecule has 0 spiro atoms. The lowest BCUT2D eigenvalue weighted by molar-refractivity contribution is 0.299. The molecule has 2 aromatic carbocycles. The molecule has 3 atom stereocenters. The van der Waals surface area contributed by atoms with E-state index in [0.29, 0.717) is 12.5 Å². The van der Waals surface area contributed by atoms with E-state index in [2.05, 4.69) is 88.0 Å². The summed E-state index contributed by atoms with van der Waals surface area (Å²) in [6, 6.07) is 23.7. The van der Waals surface area contributed by atoms with E-state index in [9.17, 15) is 0 Å². The van der Waals surface area contributed by atoms with Gasteiger partial charge < -0.3 is 9.64 Å². The van der Waals surface area contributed by atoms with E-state index in [1.165, 1.54) is 36.8 Å². The Hall–Kier alpha value is -3.58. The van der Waals surface area contributed by atoms with Crippen LogP contribution < -0.4 is 4.74 Å². The molecule has 2 aromatic heterocycles. The van der Waals surface area contributed by atoms with Crippen molar-refractivity contribution in [2.45, 2.75) is 44.2 Å².